The van der Waals surface area contributed by atoms with Gasteiger partial charge in [0.05, 0.1) is 11.0 Å². The van der Waals surface area contributed by atoms with Crippen molar-refractivity contribution < 1.29 is 19.4 Å². The fourth-order valence-corrected chi connectivity index (χ4v) is 5.43. The third kappa shape index (κ3) is 2.49. The molecule has 4 atom stereocenters. The highest BCUT2D eigenvalue weighted by molar-refractivity contribution is 5.94. The number of ketones is 1. The van der Waals surface area contributed by atoms with Gasteiger partial charge in [-0.15, -0.1) is 0 Å². The first-order chi connectivity index (χ1) is 10.9. The Balaban J connectivity index is 1.54. The van der Waals surface area contributed by atoms with E-state index >= 15 is 0 Å². The van der Waals surface area contributed by atoms with Gasteiger partial charge in [-0.2, -0.15) is 0 Å². The molecule has 4 aliphatic carbocycles. The third-order valence-corrected chi connectivity index (χ3v) is 5.93. The number of rotatable bonds is 3. The number of hydrogen-bond acceptors (Lipinski definition) is 4. The lowest BCUT2D eigenvalue weighted by molar-refractivity contribution is -0.188. The Bertz CT molecular complexity index is 646. The Morgan fingerprint density at radius 1 is 1.09 bits per heavy atom. The van der Waals surface area contributed by atoms with Gasteiger partial charge in [0.25, 0.3) is 0 Å². The molecule has 1 aromatic rings. The second kappa shape index (κ2) is 4.91. The SMILES string of the molecule is CC(=O)c1ccc(OC(=O)C23C[C@@H]4C[C@@H](CC(O)(C4)C2)C3)cc1. The maximum absolute atomic E-state index is 12.8. The smallest absolute Gasteiger partial charge is 0.317 e. The van der Waals surface area contributed by atoms with Crippen LogP contribution in [0.4, 0.5) is 0 Å². The lowest BCUT2D eigenvalue weighted by Gasteiger charge is -2.58. The summed E-state index contributed by atoms with van der Waals surface area (Å²) < 4.78 is 5.62. The van der Waals surface area contributed by atoms with Gasteiger partial charge in [-0.25, -0.2) is 0 Å². The van der Waals surface area contributed by atoms with E-state index in [1.807, 2.05) is 0 Å². The van der Waals surface area contributed by atoms with Crippen LogP contribution in [0.15, 0.2) is 24.3 Å². The fourth-order valence-electron chi connectivity index (χ4n) is 5.43. The van der Waals surface area contributed by atoms with Gasteiger partial charge in [-0.1, -0.05) is 0 Å². The van der Waals surface area contributed by atoms with E-state index in [-0.39, 0.29) is 11.8 Å². The van der Waals surface area contributed by atoms with Crippen LogP contribution < -0.4 is 4.74 Å². The zero-order valence-corrected chi connectivity index (χ0v) is 13.4. The Morgan fingerprint density at radius 2 is 1.70 bits per heavy atom. The van der Waals surface area contributed by atoms with Gasteiger partial charge >= 0.3 is 5.97 Å². The number of esters is 1. The predicted molar refractivity (Wildman–Crippen MR) is 84.1 cm³/mol. The summed E-state index contributed by atoms with van der Waals surface area (Å²) in [5.41, 5.74) is -0.575. The minimum Gasteiger partial charge on any atom is -0.426 e. The topological polar surface area (TPSA) is 63.6 Å². The summed E-state index contributed by atoms with van der Waals surface area (Å²) in [5.74, 6) is 1.16. The van der Waals surface area contributed by atoms with E-state index in [1.54, 1.807) is 24.3 Å². The normalized spacial score (nSPS) is 37.7. The molecule has 1 aromatic carbocycles. The molecule has 4 bridgehead atoms. The third-order valence-electron chi connectivity index (χ3n) is 5.93. The first-order valence-electron chi connectivity index (χ1n) is 8.43. The van der Waals surface area contributed by atoms with Gasteiger partial charge < -0.3 is 9.84 Å². The minimum atomic E-state index is -0.665. The fraction of sp³-hybridized carbons (Fsp3) is 0.579. The molecule has 0 amide bonds. The number of ether oxygens (including phenoxy) is 1. The molecular weight excluding hydrogens is 292 g/mol. The van der Waals surface area contributed by atoms with Crippen molar-refractivity contribution in [2.75, 3.05) is 0 Å². The van der Waals surface area contributed by atoms with Crippen molar-refractivity contribution >= 4 is 11.8 Å². The van der Waals surface area contributed by atoms with Gasteiger partial charge in [-0.05, 0) is 81.5 Å². The highest BCUT2D eigenvalue weighted by atomic mass is 16.5. The van der Waals surface area contributed by atoms with Crippen LogP contribution in [0.2, 0.25) is 0 Å². The first kappa shape index (κ1) is 14.9. The van der Waals surface area contributed by atoms with Crippen LogP contribution in [0.3, 0.4) is 0 Å². The van der Waals surface area contributed by atoms with Crippen LogP contribution in [0.5, 0.6) is 5.75 Å². The molecular formula is C19H22O4. The van der Waals surface area contributed by atoms with Crippen molar-refractivity contribution in [3.8, 4) is 5.75 Å². The van der Waals surface area contributed by atoms with E-state index in [0.29, 0.717) is 29.6 Å². The van der Waals surface area contributed by atoms with E-state index in [4.69, 9.17) is 4.74 Å². The molecule has 0 aliphatic heterocycles. The lowest BCUT2D eigenvalue weighted by atomic mass is 9.48. The van der Waals surface area contributed by atoms with Crippen LogP contribution >= 0.6 is 0 Å². The summed E-state index contributed by atoms with van der Waals surface area (Å²) in [4.78, 5) is 24.1. The molecule has 4 aliphatic rings. The Morgan fingerprint density at radius 3 is 2.22 bits per heavy atom. The largest absolute Gasteiger partial charge is 0.426 e. The van der Waals surface area contributed by atoms with Crippen molar-refractivity contribution in [1.82, 2.24) is 0 Å². The molecule has 0 saturated heterocycles. The minimum absolute atomic E-state index is 0.00816. The van der Waals surface area contributed by atoms with Crippen LogP contribution in [0.25, 0.3) is 0 Å². The monoisotopic (exact) mass is 314 g/mol. The van der Waals surface area contributed by atoms with Crippen molar-refractivity contribution in [1.29, 1.82) is 0 Å². The van der Waals surface area contributed by atoms with Gasteiger partial charge in [0.1, 0.15) is 5.75 Å². The Kier molecular flexibility index (Phi) is 3.17. The summed E-state index contributed by atoms with van der Waals surface area (Å²) >= 11 is 0. The van der Waals surface area contributed by atoms with E-state index in [1.165, 1.54) is 6.92 Å². The molecule has 0 aromatic heterocycles. The van der Waals surface area contributed by atoms with Crippen molar-refractivity contribution in [2.45, 2.75) is 51.0 Å². The molecule has 23 heavy (non-hydrogen) atoms. The summed E-state index contributed by atoms with van der Waals surface area (Å²) in [5, 5.41) is 10.7. The van der Waals surface area contributed by atoms with Gasteiger partial charge in [-0.3, -0.25) is 9.59 Å². The molecule has 0 spiro atoms. The maximum Gasteiger partial charge on any atom is 0.317 e. The number of carbonyl (C=O) groups excluding carboxylic acids is 2. The Labute approximate surface area is 135 Å². The van der Waals surface area contributed by atoms with Gasteiger partial charge in [0, 0.05) is 5.56 Å². The summed E-state index contributed by atoms with van der Waals surface area (Å²) in [6.07, 6.45) is 5.05. The number of hydrogen-bond donors (Lipinski definition) is 1. The second-order valence-corrected chi connectivity index (χ2v) is 7.94. The van der Waals surface area contributed by atoms with E-state index in [0.717, 1.165) is 32.1 Å². The zero-order chi connectivity index (χ0) is 16.2. The highest BCUT2D eigenvalue weighted by Gasteiger charge is 2.61. The van der Waals surface area contributed by atoms with E-state index < -0.39 is 11.0 Å². The maximum atomic E-state index is 12.8. The zero-order valence-electron chi connectivity index (χ0n) is 13.4. The molecule has 4 fully saturated rings. The molecule has 4 heteroatoms. The molecule has 0 heterocycles. The summed E-state index contributed by atoms with van der Waals surface area (Å²) in [7, 11) is 0. The number of aliphatic hydroxyl groups is 1. The number of Topliss-reactive ketones (excluding diaryl/α,β-unsaturated/α-hetero) is 1. The first-order valence-corrected chi connectivity index (χ1v) is 8.43. The average molecular weight is 314 g/mol. The molecule has 4 saturated carbocycles. The molecule has 4 nitrogen and oxygen atoms in total. The van der Waals surface area contributed by atoms with Gasteiger partial charge in [0.2, 0.25) is 0 Å². The number of benzene rings is 1. The van der Waals surface area contributed by atoms with Crippen LogP contribution in [-0.2, 0) is 4.79 Å². The lowest BCUT2D eigenvalue weighted by Crippen LogP contribution is -2.59. The molecule has 5 rings (SSSR count). The Hall–Kier alpha value is -1.68. The van der Waals surface area contributed by atoms with E-state index in [2.05, 4.69) is 0 Å². The van der Waals surface area contributed by atoms with Crippen LogP contribution in [0, 0.1) is 17.3 Å². The van der Waals surface area contributed by atoms with Gasteiger partial charge in [0.15, 0.2) is 5.78 Å². The average Bonchev–Trinajstić information content (AvgIpc) is 2.45. The van der Waals surface area contributed by atoms with Crippen molar-refractivity contribution in [3.63, 3.8) is 0 Å². The summed E-state index contributed by atoms with van der Waals surface area (Å²) in [6.45, 7) is 1.51. The molecule has 122 valence electrons. The number of carbonyl (C=O) groups is 2. The van der Waals surface area contributed by atoms with E-state index in [9.17, 15) is 14.7 Å². The molecule has 0 radical (unpaired) electrons. The highest BCUT2D eigenvalue weighted by Crippen LogP contribution is 2.61. The van der Waals surface area contributed by atoms with Crippen molar-refractivity contribution in [2.24, 2.45) is 17.3 Å². The van der Waals surface area contributed by atoms with Crippen molar-refractivity contribution in [3.05, 3.63) is 29.8 Å². The van der Waals surface area contributed by atoms with Crippen LogP contribution in [0.1, 0.15) is 55.8 Å². The second-order valence-electron chi connectivity index (χ2n) is 7.94. The quantitative estimate of drug-likeness (QED) is 0.529. The van der Waals surface area contributed by atoms with Crippen LogP contribution in [-0.4, -0.2) is 22.5 Å². The molecule has 1 N–H and O–H groups in total. The summed E-state index contributed by atoms with van der Waals surface area (Å²) in [6, 6.07) is 6.70. The predicted octanol–water partition coefficient (Wildman–Crippen LogP) is 3.13. The molecule has 2 unspecified atom stereocenters. The standard InChI is InChI=1S/C19H22O4/c1-12(20)15-2-4-16(5-3-15)23-17(21)18-7-13-6-14(8-18)10-19(22,9-13)11-18/h2-5,13-14,22H,6-11H2,1H3/t13-,14+,18?,19?.